The van der Waals surface area contributed by atoms with Crippen LogP contribution in [-0.4, -0.2) is 16.2 Å². The molecule has 0 bridgehead atoms. The van der Waals surface area contributed by atoms with Gasteiger partial charge in [0.05, 0.1) is 5.56 Å². The summed E-state index contributed by atoms with van der Waals surface area (Å²) in [6, 6.07) is 13.6. The molecule has 3 aromatic rings. The molecule has 1 atom stereocenters. The largest absolute Gasteiger partial charge is 0.478 e. The quantitative estimate of drug-likeness (QED) is 0.552. The number of aromatic carboxylic acids is 1. The van der Waals surface area contributed by atoms with Crippen molar-refractivity contribution < 1.29 is 19.4 Å². The number of rotatable bonds is 3. The van der Waals surface area contributed by atoms with E-state index in [2.05, 4.69) is 27.7 Å². The first-order valence-electron chi connectivity index (χ1n) is 10.3. The van der Waals surface area contributed by atoms with Crippen molar-refractivity contribution >= 4 is 16.7 Å². The molecule has 30 heavy (non-hydrogen) atoms. The normalized spacial score (nSPS) is 18.1. The van der Waals surface area contributed by atoms with Gasteiger partial charge in [-0.05, 0) is 81.5 Å². The smallest absolute Gasteiger partial charge is 0.335 e. The summed E-state index contributed by atoms with van der Waals surface area (Å²) in [5.41, 5.74) is 3.01. The molecule has 3 aromatic carbocycles. The Bertz CT molecular complexity index is 1160. The zero-order chi connectivity index (χ0) is 21.8. The molecule has 1 aliphatic carbocycles. The van der Waals surface area contributed by atoms with Gasteiger partial charge in [0, 0.05) is 5.56 Å². The molecule has 1 aliphatic rings. The molecule has 156 valence electrons. The fraction of sp³-hybridized carbons (Fsp3) is 0.346. The van der Waals surface area contributed by atoms with Gasteiger partial charge in [0.1, 0.15) is 11.9 Å². The predicted octanol–water partition coefficient (Wildman–Crippen LogP) is 6.11. The molecule has 4 rings (SSSR count). The van der Waals surface area contributed by atoms with Crippen molar-refractivity contribution in [2.24, 2.45) is 0 Å². The molecule has 0 saturated carbocycles. The van der Waals surface area contributed by atoms with Crippen molar-refractivity contribution in [2.45, 2.75) is 57.5 Å². The second-order valence-electron chi connectivity index (χ2n) is 9.72. The molecule has 0 amide bonds. The highest BCUT2D eigenvalue weighted by atomic mass is 19.1. The molecule has 0 aliphatic heterocycles. The van der Waals surface area contributed by atoms with Gasteiger partial charge in [-0.3, -0.25) is 0 Å². The van der Waals surface area contributed by atoms with Crippen molar-refractivity contribution in [1.82, 2.24) is 0 Å². The van der Waals surface area contributed by atoms with Gasteiger partial charge < -0.3 is 10.2 Å². The van der Waals surface area contributed by atoms with E-state index in [1.807, 2.05) is 6.07 Å². The lowest BCUT2D eigenvalue weighted by atomic mass is 9.62. The Morgan fingerprint density at radius 2 is 1.47 bits per heavy atom. The number of carboxylic acid groups (broad SMARTS) is 1. The van der Waals surface area contributed by atoms with Crippen LogP contribution < -0.4 is 0 Å². The van der Waals surface area contributed by atoms with E-state index in [9.17, 15) is 9.90 Å². The third-order valence-corrected chi connectivity index (χ3v) is 6.69. The molecular formula is C26H27FO3. The maximum atomic E-state index is 15.1. The monoisotopic (exact) mass is 406 g/mol. The van der Waals surface area contributed by atoms with Crippen LogP contribution in [0.25, 0.3) is 10.8 Å². The molecule has 3 nitrogen and oxygen atoms in total. The third-order valence-electron chi connectivity index (χ3n) is 6.69. The van der Waals surface area contributed by atoms with E-state index in [4.69, 9.17) is 5.11 Å². The zero-order valence-electron chi connectivity index (χ0n) is 17.8. The minimum atomic E-state index is -1.10. The number of halogens is 1. The summed E-state index contributed by atoms with van der Waals surface area (Å²) in [4.78, 5) is 11.2. The van der Waals surface area contributed by atoms with Crippen LogP contribution in [0, 0.1) is 5.82 Å². The molecule has 0 radical (unpaired) electrons. The summed E-state index contributed by atoms with van der Waals surface area (Å²) in [6.07, 6.45) is 0.910. The fourth-order valence-corrected chi connectivity index (χ4v) is 4.56. The summed E-state index contributed by atoms with van der Waals surface area (Å²) in [5, 5.41) is 21.8. The minimum Gasteiger partial charge on any atom is -0.478 e. The second-order valence-corrected chi connectivity index (χ2v) is 9.72. The van der Waals surface area contributed by atoms with E-state index in [0.717, 1.165) is 34.7 Å². The first-order chi connectivity index (χ1) is 14.0. The third kappa shape index (κ3) is 3.39. The lowest BCUT2D eigenvalue weighted by Gasteiger charge is -2.42. The van der Waals surface area contributed by atoms with Crippen LogP contribution in [0.15, 0.2) is 48.5 Å². The molecule has 0 spiro atoms. The highest BCUT2D eigenvalue weighted by Crippen LogP contribution is 2.47. The van der Waals surface area contributed by atoms with E-state index in [1.54, 1.807) is 36.4 Å². The van der Waals surface area contributed by atoms with Crippen LogP contribution in [0.4, 0.5) is 4.39 Å². The molecule has 4 heteroatoms. The highest BCUT2D eigenvalue weighted by molar-refractivity contribution is 5.94. The van der Waals surface area contributed by atoms with Crippen molar-refractivity contribution in [3.05, 3.63) is 82.2 Å². The standard InChI is InChI=1S/C26H27FO3/c1-25(2)9-10-26(3,4)21-14-22(27)19(13-20(21)25)23(28)17-7-5-16-12-18(24(29)30)8-6-15(16)11-17/h5-8,11-14,23,28H,9-10H2,1-4H3,(H,29,30). The Morgan fingerprint density at radius 1 is 0.900 bits per heavy atom. The van der Waals surface area contributed by atoms with E-state index in [-0.39, 0.29) is 22.0 Å². The molecule has 1 unspecified atom stereocenters. The summed E-state index contributed by atoms with van der Waals surface area (Å²) < 4.78 is 15.1. The summed E-state index contributed by atoms with van der Waals surface area (Å²) in [5.74, 6) is -1.38. The first kappa shape index (κ1) is 20.5. The number of benzene rings is 3. The van der Waals surface area contributed by atoms with Crippen LogP contribution in [0.3, 0.4) is 0 Å². The van der Waals surface area contributed by atoms with Gasteiger partial charge in [-0.25, -0.2) is 9.18 Å². The number of carboxylic acids is 1. The summed E-state index contributed by atoms with van der Waals surface area (Å²) >= 11 is 0. The Hall–Kier alpha value is -2.72. The van der Waals surface area contributed by atoms with Gasteiger partial charge in [-0.2, -0.15) is 0 Å². The number of hydrogen-bond donors (Lipinski definition) is 2. The summed E-state index contributed by atoms with van der Waals surface area (Å²) in [6.45, 7) is 8.63. The molecule has 0 heterocycles. The van der Waals surface area contributed by atoms with Crippen LogP contribution in [0.1, 0.15) is 79.3 Å². The highest BCUT2D eigenvalue weighted by Gasteiger charge is 2.38. The maximum absolute atomic E-state index is 15.1. The average molecular weight is 406 g/mol. The van der Waals surface area contributed by atoms with Gasteiger partial charge in [-0.1, -0.05) is 45.9 Å². The van der Waals surface area contributed by atoms with E-state index >= 15 is 4.39 Å². The Labute approximate surface area is 176 Å². The van der Waals surface area contributed by atoms with Crippen LogP contribution in [0.5, 0.6) is 0 Å². The molecule has 0 fully saturated rings. The Kier molecular flexibility index (Phi) is 4.74. The predicted molar refractivity (Wildman–Crippen MR) is 117 cm³/mol. The van der Waals surface area contributed by atoms with Crippen LogP contribution in [0.2, 0.25) is 0 Å². The van der Waals surface area contributed by atoms with E-state index < -0.39 is 17.9 Å². The van der Waals surface area contributed by atoms with Gasteiger partial charge in [0.25, 0.3) is 0 Å². The minimum absolute atomic E-state index is 0.0797. The number of carbonyl (C=O) groups is 1. The lowest BCUT2D eigenvalue weighted by Crippen LogP contribution is -2.34. The lowest BCUT2D eigenvalue weighted by molar-refractivity contribution is 0.0697. The van der Waals surface area contributed by atoms with Crippen LogP contribution >= 0.6 is 0 Å². The first-order valence-corrected chi connectivity index (χ1v) is 10.3. The summed E-state index contributed by atoms with van der Waals surface area (Å²) in [7, 11) is 0. The Morgan fingerprint density at radius 3 is 2.10 bits per heavy atom. The van der Waals surface area contributed by atoms with E-state index in [1.165, 1.54) is 6.07 Å². The van der Waals surface area contributed by atoms with Crippen molar-refractivity contribution in [1.29, 1.82) is 0 Å². The van der Waals surface area contributed by atoms with Gasteiger partial charge in [0.2, 0.25) is 0 Å². The topological polar surface area (TPSA) is 57.5 Å². The molecule has 0 saturated heterocycles. The fourth-order valence-electron chi connectivity index (χ4n) is 4.56. The van der Waals surface area contributed by atoms with E-state index in [0.29, 0.717) is 5.56 Å². The zero-order valence-corrected chi connectivity index (χ0v) is 17.8. The van der Waals surface area contributed by atoms with Crippen molar-refractivity contribution in [2.75, 3.05) is 0 Å². The van der Waals surface area contributed by atoms with Crippen molar-refractivity contribution in [3.8, 4) is 0 Å². The second kappa shape index (κ2) is 6.92. The van der Waals surface area contributed by atoms with Gasteiger partial charge in [0.15, 0.2) is 0 Å². The number of fused-ring (bicyclic) bond motifs is 2. The molecular weight excluding hydrogens is 379 g/mol. The SMILES string of the molecule is CC1(C)CCC(C)(C)c2cc(C(O)c3ccc4cc(C(=O)O)ccc4c3)c(F)cc21. The number of aliphatic hydroxyl groups is 1. The van der Waals surface area contributed by atoms with Crippen LogP contribution in [-0.2, 0) is 10.8 Å². The maximum Gasteiger partial charge on any atom is 0.335 e. The number of hydrogen-bond acceptors (Lipinski definition) is 2. The van der Waals surface area contributed by atoms with Gasteiger partial charge in [-0.15, -0.1) is 0 Å². The Balaban J connectivity index is 1.79. The number of aliphatic hydroxyl groups excluding tert-OH is 1. The molecule has 2 N–H and O–H groups in total. The average Bonchev–Trinajstić information content (AvgIpc) is 2.70. The van der Waals surface area contributed by atoms with Gasteiger partial charge >= 0.3 is 5.97 Å². The molecule has 0 aromatic heterocycles. The van der Waals surface area contributed by atoms with Crippen molar-refractivity contribution in [3.63, 3.8) is 0 Å².